The molecule has 0 aromatic heterocycles. The first-order chi connectivity index (χ1) is 31.8. The van der Waals surface area contributed by atoms with E-state index in [1.54, 1.807) is 0 Å². The summed E-state index contributed by atoms with van der Waals surface area (Å²) in [5.41, 5.74) is 18.2. The van der Waals surface area contributed by atoms with Crippen LogP contribution in [0.1, 0.15) is 36.1 Å². The van der Waals surface area contributed by atoms with E-state index in [4.69, 9.17) is 0 Å². The van der Waals surface area contributed by atoms with Crippen molar-refractivity contribution in [2.24, 2.45) is 0 Å². The molecule has 0 atom stereocenters. The molecule has 0 heteroatoms. The predicted molar refractivity (Wildman–Crippen MR) is 280 cm³/mol. The van der Waals surface area contributed by atoms with Crippen molar-refractivity contribution < 1.29 is 0 Å². The summed E-state index contributed by atoms with van der Waals surface area (Å²) in [6.07, 6.45) is 0. The Morgan fingerprint density at radius 2 is 0.692 bits per heavy atom. The SMILES string of the molecule is Cc1ccc2ccccc2c1-c1cc2c3cc(-c4ccc5cc(-c6ccc7c(c6)C(C)(C)c6ccccc6-7)ccc5c4)ccc3c(-c3c(C)ccc4ccccc34)cc2c2ccccc12. The van der Waals surface area contributed by atoms with Crippen molar-refractivity contribution in [1.82, 2.24) is 0 Å². The summed E-state index contributed by atoms with van der Waals surface area (Å²) < 4.78 is 0. The Balaban J connectivity index is 1.01. The second-order valence-electron chi connectivity index (χ2n) is 18.9. The molecule has 0 saturated carbocycles. The van der Waals surface area contributed by atoms with E-state index in [0.717, 1.165) is 0 Å². The van der Waals surface area contributed by atoms with Gasteiger partial charge in [-0.15, -0.1) is 0 Å². The molecule has 0 nitrogen and oxygen atoms in total. The molecule has 12 aromatic rings. The molecule has 0 amide bonds. The largest absolute Gasteiger partial charge is 0.0619 e. The van der Waals surface area contributed by atoms with Crippen LogP contribution in [-0.2, 0) is 5.41 Å². The summed E-state index contributed by atoms with van der Waals surface area (Å²) in [4.78, 5) is 0. The Hall–Kier alpha value is -7.80. The molecule has 12 aromatic carbocycles. The number of hydrogen-bond donors (Lipinski definition) is 0. The first kappa shape index (κ1) is 37.7. The summed E-state index contributed by atoms with van der Waals surface area (Å²) in [7, 11) is 0. The molecule has 0 spiro atoms. The van der Waals surface area contributed by atoms with Crippen LogP contribution in [0.15, 0.2) is 206 Å². The van der Waals surface area contributed by atoms with E-state index < -0.39 is 0 Å². The quantitative estimate of drug-likeness (QED) is 0.155. The molecule has 0 fully saturated rings. The summed E-state index contributed by atoms with van der Waals surface area (Å²) in [5, 5.41) is 15.2. The van der Waals surface area contributed by atoms with Crippen LogP contribution >= 0.6 is 0 Å². The molecular formula is C65H46. The first-order valence-electron chi connectivity index (χ1n) is 23.0. The van der Waals surface area contributed by atoms with Gasteiger partial charge in [-0.05, 0) is 193 Å². The minimum absolute atomic E-state index is 0.0309. The zero-order chi connectivity index (χ0) is 43.6. The van der Waals surface area contributed by atoms with Crippen molar-refractivity contribution in [2.45, 2.75) is 33.1 Å². The smallest absolute Gasteiger partial charge is 0.0159 e. The van der Waals surface area contributed by atoms with E-state index in [1.165, 1.54) is 143 Å². The van der Waals surface area contributed by atoms with E-state index in [-0.39, 0.29) is 5.41 Å². The maximum atomic E-state index is 2.50. The van der Waals surface area contributed by atoms with Gasteiger partial charge in [0, 0.05) is 5.41 Å². The van der Waals surface area contributed by atoms with Crippen LogP contribution in [0.2, 0.25) is 0 Å². The van der Waals surface area contributed by atoms with Crippen LogP contribution in [0.3, 0.4) is 0 Å². The van der Waals surface area contributed by atoms with Crippen molar-refractivity contribution in [1.29, 1.82) is 0 Å². The molecule has 0 heterocycles. The highest BCUT2D eigenvalue weighted by Gasteiger charge is 2.35. The Bertz CT molecular complexity index is 3990. The third kappa shape index (κ3) is 5.70. The van der Waals surface area contributed by atoms with Gasteiger partial charge in [-0.1, -0.05) is 184 Å². The second-order valence-corrected chi connectivity index (χ2v) is 18.9. The van der Waals surface area contributed by atoms with Crippen molar-refractivity contribution in [3.63, 3.8) is 0 Å². The van der Waals surface area contributed by atoms with E-state index in [2.05, 4.69) is 234 Å². The highest BCUT2D eigenvalue weighted by Crippen LogP contribution is 2.50. The number of rotatable bonds is 4. The van der Waals surface area contributed by atoms with E-state index in [0.29, 0.717) is 0 Å². The zero-order valence-electron chi connectivity index (χ0n) is 37.1. The van der Waals surface area contributed by atoms with Crippen LogP contribution in [0.5, 0.6) is 0 Å². The summed E-state index contributed by atoms with van der Waals surface area (Å²) >= 11 is 0. The molecule has 306 valence electrons. The molecule has 13 rings (SSSR count). The number of fused-ring (bicyclic) bond motifs is 11. The Kier molecular flexibility index (Phi) is 8.18. The molecule has 0 aliphatic heterocycles. The number of aryl methyl sites for hydroxylation is 2. The summed E-state index contributed by atoms with van der Waals surface area (Å²) in [6, 6.07) is 77.9. The lowest BCUT2D eigenvalue weighted by atomic mass is 9.81. The molecule has 0 N–H and O–H groups in total. The third-order valence-electron chi connectivity index (χ3n) is 14.9. The van der Waals surface area contributed by atoms with Gasteiger partial charge in [0.15, 0.2) is 0 Å². The molecule has 0 radical (unpaired) electrons. The van der Waals surface area contributed by atoms with Crippen molar-refractivity contribution in [3.8, 4) is 55.6 Å². The van der Waals surface area contributed by atoms with Gasteiger partial charge < -0.3 is 0 Å². The Morgan fingerprint density at radius 1 is 0.262 bits per heavy atom. The minimum atomic E-state index is -0.0309. The third-order valence-corrected chi connectivity index (χ3v) is 14.9. The van der Waals surface area contributed by atoms with Gasteiger partial charge in [0.25, 0.3) is 0 Å². The average molecular weight is 827 g/mol. The number of benzene rings is 12. The lowest BCUT2D eigenvalue weighted by Gasteiger charge is -2.22. The van der Waals surface area contributed by atoms with Gasteiger partial charge in [-0.25, -0.2) is 0 Å². The second kappa shape index (κ2) is 14.1. The monoisotopic (exact) mass is 826 g/mol. The summed E-state index contributed by atoms with van der Waals surface area (Å²) in [6.45, 7) is 9.24. The van der Waals surface area contributed by atoms with Gasteiger partial charge in [-0.3, -0.25) is 0 Å². The van der Waals surface area contributed by atoms with Crippen LogP contribution in [0.25, 0.3) is 120 Å². The normalized spacial score (nSPS) is 13.0. The van der Waals surface area contributed by atoms with Crippen molar-refractivity contribution in [2.75, 3.05) is 0 Å². The van der Waals surface area contributed by atoms with E-state index >= 15 is 0 Å². The minimum Gasteiger partial charge on any atom is -0.0619 e. The maximum absolute atomic E-state index is 2.50. The van der Waals surface area contributed by atoms with E-state index in [1.807, 2.05) is 0 Å². The van der Waals surface area contributed by atoms with Gasteiger partial charge in [0.2, 0.25) is 0 Å². The molecule has 0 saturated heterocycles. The molecule has 0 bridgehead atoms. The van der Waals surface area contributed by atoms with E-state index in [9.17, 15) is 0 Å². The molecular weight excluding hydrogens is 781 g/mol. The molecule has 1 aliphatic carbocycles. The van der Waals surface area contributed by atoms with Gasteiger partial charge in [-0.2, -0.15) is 0 Å². The molecule has 65 heavy (non-hydrogen) atoms. The lowest BCUT2D eigenvalue weighted by molar-refractivity contribution is 0.660. The topological polar surface area (TPSA) is 0 Å². The lowest BCUT2D eigenvalue weighted by Crippen LogP contribution is -2.14. The van der Waals surface area contributed by atoms with Gasteiger partial charge in [0.1, 0.15) is 0 Å². The average Bonchev–Trinajstić information content (AvgIpc) is 3.58. The molecule has 1 aliphatic rings. The fourth-order valence-corrected chi connectivity index (χ4v) is 11.6. The van der Waals surface area contributed by atoms with Crippen molar-refractivity contribution in [3.05, 3.63) is 229 Å². The van der Waals surface area contributed by atoms with Gasteiger partial charge in [0.05, 0.1) is 0 Å². The Labute approximate surface area is 380 Å². The summed E-state index contributed by atoms with van der Waals surface area (Å²) in [5.74, 6) is 0. The highest BCUT2D eigenvalue weighted by atomic mass is 14.4. The fraction of sp³-hybridized carbons (Fsp3) is 0.0769. The zero-order valence-corrected chi connectivity index (χ0v) is 37.1. The van der Waals surface area contributed by atoms with Crippen LogP contribution in [-0.4, -0.2) is 0 Å². The van der Waals surface area contributed by atoms with Crippen molar-refractivity contribution >= 4 is 64.6 Å². The Morgan fingerprint density at radius 3 is 1.34 bits per heavy atom. The van der Waals surface area contributed by atoms with Crippen LogP contribution in [0.4, 0.5) is 0 Å². The standard InChI is InChI=1S/C65H46/c1-39-21-23-41-13-5-7-15-49(41)63(39)59-38-58-56-35-47(29-31-53(56)60(37-57(58)51-17-9-10-18-52(51)59)64-40(2)22-24-42-14-6-8-16-50(42)64)45-27-25-44-34-46(28-26-43(44)33-45)48-30-32-55-54-19-11-12-20-61(54)65(3,4)62(55)36-48/h5-38H,1-4H3. The van der Waals surface area contributed by atoms with Crippen LogP contribution in [0, 0.1) is 13.8 Å². The maximum Gasteiger partial charge on any atom is 0.0159 e. The molecule has 0 unspecified atom stereocenters. The predicted octanol–water partition coefficient (Wildman–Crippen LogP) is 18.2. The fourth-order valence-electron chi connectivity index (χ4n) is 11.6. The first-order valence-corrected chi connectivity index (χ1v) is 23.0. The highest BCUT2D eigenvalue weighted by molar-refractivity contribution is 6.26. The van der Waals surface area contributed by atoms with Gasteiger partial charge >= 0.3 is 0 Å². The van der Waals surface area contributed by atoms with Crippen LogP contribution < -0.4 is 0 Å². The number of hydrogen-bond acceptors (Lipinski definition) is 0.